The smallest absolute Gasteiger partial charge is 0.221 e. The Hall–Kier alpha value is -0.200. The first kappa shape index (κ1) is 13.8. The third-order valence-electron chi connectivity index (χ3n) is 1.38. The van der Waals surface area contributed by atoms with Crippen LogP contribution >= 0.6 is 0 Å². The Labute approximate surface area is 107 Å². The number of nitrogens with one attached hydrogen (secondary N) is 1. The van der Waals surface area contributed by atoms with E-state index in [9.17, 15) is 9.00 Å². The first-order valence-corrected chi connectivity index (χ1v) is 4.69. The Morgan fingerprint density at radius 2 is 1.86 bits per heavy atom. The van der Waals surface area contributed by atoms with Gasteiger partial charge in [0.2, 0.25) is 5.91 Å². The number of amides is 1. The molecule has 14 heavy (non-hydrogen) atoms. The van der Waals surface area contributed by atoms with Gasteiger partial charge in [-0.15, -0.1) is 0 Å². The molecule has 1 aromatic carbocycles. The maximum atomic E-state index is 10.6. The number of rotatable bonds is 2. The van der Waals surface area contributed by atoms with Crippen molar-refractivity contribution in [1.29, 1.82) is 0 Å². The SMILES string of the molecule is CC(=O)Nc1ccc(S(=O)O)cc1.[Na]. The van der Waals surface area contributed by atoms with E-state index >= 15 is 0 Å². The molecule has 0 saturated carbocycles. The zero-order valence-corrected chi connectivity index (χ0v) is 10.8. The number of benzene rings is 1. The third-order valence-corrected chi connectivity index (χ3v) is 2.05. The number of hydrogen-bond acceptors (Lipinski definition) is 2. The molecule has 0 spiro atoms. The molecule has 1 amide bonds. The van der Waals surface area contributed by atoms with E-state index in [-0.39, 0.29) is 35.5 Å². The molecule has 71 valence electrons. The summed E-state index contributed by atoms with van der Waals surface area (Å²) in [7, 11) is 0. The summed E-state index contributed by atoms with van der Waals surface area (Å²) in [6.07, 6.45) is 0. The molecule has 1 atom stereocenters. The maximum Gasteiger partial charge on any atom is 0.221 e. The van der Waals surface area contributed by atoms with Crippen LogP contribution in [0.4, 0.5) is 5.69 Å². The van der Waals surface area contributed by atoms with Crippen molar-refractivity contribution in [3.05, 3.63) is 24.3 Å². The summed E-state index contributed by atoms with van der Waals surface area (Å²) >= 11 is -1.96. The van der Waals surface area contributed by atoms with Crippen LogP contribution in [-0.2, 0) is 15.9 Å². The van der Waals surface area contributed by atoms with Crippen molar-refractivity contribution in [2.45, 2.75) is 11.8 Å². The van der Waals surface area contributed by atoms with Crippen LogP contribution < -0.4 is 5.32 Å². The molecule has 1 rings (SSSR count). The maximum absolute atomic E-state index is 10.6. The van der Waals surface area contributed by atoms with Crippen molar-refractivity contribution in [1.82, 2.24) is 0 Å². The second kappa shape index (κ2) is 6.31. The molecule has 0 aliphatic carbocycles. The van der Waals surface area contributed by atoms with Gasteiger partial charge in [-0.25, -0.2) is 4.21 Å². The fourth-order valence-corrected chi connectivity index (χ4v) is 1.23. The molecule has 0 bridgehead atoms. The van der Waals surface area contributed by atoms with Gasteiger partial charge in [-0.05, 0) is 24.3 Å². The fraction of sp³-hybridized carbons (Fsp3) is 0.125. The van der Waals surface area contributed by atoms with E-state index in [1.165, 1.54) is 19.1 Å². The first-order valence-electron chi connectivity index (χ1n) is 3.58. The minimum Gasteiger partial charge on any atom is -0.326 e. The third kappa shape index (κ3) is 4.34. The average molecular weight is 222 g/mol. The Bertz CT molecular complexity index is 339. The van der Waals surface area contributed by atoms with Gasteiger partial charge in [-0.2, -0.15) is 0 Å². The van der Waals surface area contributed by atoms with Gasteiger partial charge in [0.25, 0.3) is 0 Å². The Kier molecular flexibility index (Phi) is 6.22. The predicted molar refractivity (Wildman–Crippen MR) is 55.5 cm³/mol. The molecule has 2 N–H and O–H groups in total. The quantitative estimate of drug-likeness (QED) is 0.575. The molecule has 0 heterocycles. The van der Waals surface area contributed by atoms with Crippen molar-refractivity contribution in [2.75, 3.05) is 5.32 Å². The van der Waals surface area contributed by atoms with E-state index in [0.29, 0.717) is 10.6 Å². The van der Waals surface area contributed by atoms with Crippen LogP contribution in [0.15, 0.2) is 29.2 Å². The molecule has 4 nitrogen and oxygen atoms in total. The van der Waals surface area contributed by atoms with Crippen LogP contribution in [0, 0.1) is 0 Å². The summed E-state index contributed by atoms with van der Waals surface area (Å²) in [5.41, 5.74) is 0.613. The zero-order chi connectivity index (χ0) is 9.84. The van der Waals surface area contributed by atoms with E-state index in [4.69, 9.17) is 4.55 Å². The van der Waals surface area contributed by atoms with Gasteiger partial charge in [0.15, 0.2) is 11.1 Å². The number of hydrogen-bond donors (Lipinski definition) is 2. The molecule has 6 heteroatoms. The van der Waals surface area contributed by atoms with Gasteiger partial charge in [0.1, 0.15) is 0 Å². The molecule has 1 unspecified atom stereocenters. The number of carbonyl (C=O) groups is 1. The standard InChI is InChI=1S/C8H9NO3S.Na/c1-6(10)9-7-2-4-8(5-3-7)13(11)12;/h2-5H,1H3,(H,9,10)(H,11,12);. The van der Waals surface area contributed by atoms with Crippen LogP contribution in [0.2, 0.25) is 0 Å². The molecule has 1 radical (unpaired) electrons. The molecule has 0 fully saturated rings. The van der Waals surface area contributed by atoms with Crippen molar-refractivity contribution < 1.29 is 13.6 Å². The minimum absolute atomic E-state index is 0. The molecule has 1 aromatic rings. The van der Waals surface area contributed by atoms with Gasteiger partial charge in [-0.3, -0.25) is 4.79 Å². The van der Waals surface area contributed by atoms with Crippen molar-refractivity contribution in [2.24, 2.45) is 0 Å². The summed E-state index contributed by atoms with van der Waals surface area (Å²) in [6, 6.07) is 6.12. The Morgan fingerprint density at radius 3 is 2.21 bits per heavy atom. The Balaban J connectivity index is 0.00000169. The fourth-order valence-electron chi connectivity index (χ4n) is 0.858. The first-order chi connectivity index (χ1) is 6.09. The van der Waals surface area contributed by atoms with Gasteiger partial charge in [-0.1, -0.05) is 0 Å². The van der Waals surface area contributed by atoms with Crippen molar-refractivity contribution >= 4 is 52.2 Å². The largest absolute Gasteiger partial charge is 0.326 e. The molecular weight excluding hydrogens is 213 g/mol. The van der Waals surface area contributed by atoms with E-state index in [0.717, 1.165) is 0 Å². The predicted octanol–water partition coefficient (Wildman–Crippen LogP) is 0.845. The van der Waals surface area contributed by atoms with Crippen molar-refractivity contribution in [3.8, 4) is 0 Å². The Morgan fingerprint density at radius 1 is 1.36 bits per heavy atom. The minimum atomic E-state index is -1.96. The summed E-state index contributed by atoms with van der Waals surface area (Å²) < 4.78 is 19.2. The van der Waals surface area contributed by atoms with Gasteiger partial charge in [0.05, 0.1) is 4.90 Å². The van der Waals surface area contributed by atoms with Crippen molar-refractivity contribution in [3.63, 3.8) is 0 Å². The van der Waals surface area contributed by atoms with E-state index in [2.05, 4.69) is 5.32 Å². The summed E-state index contributed by atoms with van der Waals surface area (Å²) in [5, 5.41) is 2.55. The van der Waals surface area contributed by atoms with E-state index in [1.54, 1.807) is 12.1 Å². The molecule has 0 aliphatic rings. The molecule has 0 aliphatic heterocycles. The number of carbonyl (C=O) groups excluding carboxylic acids is 1. The summed E-state index contributed by atoms with van der Waals surface area (Å²) in [4.78, 5) is 10.9. The van der Waals surface area contributed by atoms with Gasteiger partial charge in [0, 0.05) is 42.2 Å². The second-order valence-electron chi connectivity index (χ2n) is 2.45. The summed E-state index contributed by atoms with van der Waals surface area (Å²) in [5.74, 6) is -0.169. The van der Waals surface area contributed by atoms with E-state index < -0.39 is 11.1 Å². The molecule has 0 saturated heterocycles. The monoisotopic (exact) mass is 222 g/mol. The number of anilines is 1. The zero-order valence-electron chi connectivity index (χ0n) is 7.98. The summed E-state index contributed by atoms with van der Waals surface area (Å²) in [6.45, 7) is 1.40. The van der Waals surface area contributed by atoms with Crippen LogP contribution in [-0.4, -0.2) is 44.2 Å². The average Bonchev–Trinajstić information content (AvgIpc) is 2.04. The molecular formula is C8H9NNaO3S. The topological polar surface area (TPSA) is 66.4 Å². The van der Waals surface area contributed by atoms with Crippen LogP contribution in [0.5, 0.6) is 0 Å². The van der Waals surface area contributed by atoms with Gasteiger partial charge >= 0.3 is 0 Å². The van der Waals surface area contributed by atoms with Gasteiger partial charge < -0.3 is 9.87 Å². The van der Waals surface area contributed by atoms with Crippen LogP contribution in [0.1, 0.15) is 6.92 Å². The normalized spacial score (nSPS) is 11.3. The van der Waals surface area contributed by atoms with Crippen LogP contribution in [0.3, 0.4) is 0 Å². The molecule has 0 aromatic heterocycles. The van der Waals surface area contributed by atoms with E-state index in [1.807, 2.05) is 0 Å². The van der Waals surface area contributed by atoms with Crippen LogP contribution in [0.25, 0.3) is 0 Å². The second-order valence-corrected chi connectivity index (χ2v) is 3.42.